The number of halogens is 2. The highest BCUT2D eigenvalue weighted by Crippen LogP contribution is 2.45. The van der Waals surface area contributed by atoms with Crippen molar-refractivity contribution < 1.29 is 13.5 Å². The lowest BCUT2D eigenvalue weighted by Gasteiger charge is -2.28. The summed E-state index contributed by atoms with van der Waals surface area (Å²) in [5.74, 6) is -1.28. The zero-order valence-corrected chi connectivity index (χ0v) is 10.3. The largest absolute Gasteiger partial charge is 0.375 e. The van der Waals surface area contributed by atoms with Gasteiger partial charge in [0, 0.05) is 17.5 Å². The standard InChI is InChI=1S/C14H17F2NO/c1-17-14(9-3-2-4-11(15)13(9)16)10-7-8-5-6-12(10)18-8/h2-4,8,10,12,14,17H,5-7H2,1H3. The van der Waals surface area contributed by atoms with Crippen LogP contribution in [0.2, 0.25) is 0 Å². The van der Waals surface area contributed by atoms with Gasteiger partial charge in [-0.15, -0.1) is 0 Å². The van der Waals surface area contributed by atoms with Gasteiger partial charge in [-0.3, -0.25) is 0 Å². The van der Waals surface area contributed by atoms with Gasteiger partial charge in [-0.1, -0.05) is 12.1 Å². The molecule has 0 spiro atoms. The summed E-state index contributed by atoms with van der Waals surface area (Å²) < 4.78 is 33.0. The maximum atomic E-state index is 13.9. The van der Waals surface area contributed by atoms with Gasteiger partial charge in [-0.2, -0.15) is 0 Å². The molecule has 3 rings (SSSR count). The summed E-state index contributed by atoms with van der Waals surface area (Å²) in [7, 11) is 1.79. The van der Waals surface area contributed by atoms with Crippen LogP contribution in [0, 0.1) is 17.6 Å². The zero-order valence-electron chi connectivity index (χ0n) is 10.3. The topological polar surface area (TPSA) is 21.3 Å². The van der Waals surface area contributed by atoms with Crippen molar-refractivity contribution in [2.45, 2.75) is 37.5 Å². The highest BCUT2D eigenvalue weighted by molar-refractivity contribution is 5.24. The highest BCUT2D eigenvalue weighted by atomic mass is 19.2. The molecular weight excluding hydrogens is 236 g/mol. The third-order valence-corrected chi connectivity index (χ3v) is 4.21. The molecule has 1 aromatic rings. The highest BCUT2D eigenvalue weighted by Gasteiger charge is 2.45. The number of fused-ring (bicyclic) bond motifs is 2. The molecule has 2 nitrogen and oxygen atoms in total. The Balaban J connectivity index is 1.90. The van der Waals surface area contributed by atoms with Gasteiger partial charge in [-0.05, 0) is 32.4 Å². The quantitative estimate of drug-likeness (QED) is 0.894. The van der Waals surface area contributed by atoms with Gasteiger partial charge in [-0.25, -0.2) is 8.78 Å². The Bertz CT molecular complexity index is 451. The third kappa shape index (κ3) is 1.84. The Morgan fingerprint density at radius 3 is 2.78 bits per heavy atom. The molecule has 2 fully saturated rings. The van der Waals surface area contributed by atoms with Crippen molar-refractivity contribution in [3.05, 3.63) is 35.4 Å². The summed E-state index contributed by atoms with van der Waals surface area (Å²) in [5, 5.41) is 3.13. The Kier molecular flexibility index (Phi) is 3.08. The minimum Gasteiger partial charge on any atom is -0.375 e. The molecule has 0 radical (unpaired) electrons. The molecule has 98 valence electrons. The monoisotopic (exact) mass is 253 g/mol. The van der Waals surface area contributed by atoms with E-state index in [4.69, 9.17) is 4.74 Å². The smallest absolute Gasteiger partial charge is 0.163 e. The van der Waals surface area contributed by atoms with Crippen molar-refractivity contribution in [3.8, 4) is 0 Å². The summed E-state index contributed by atoms with van der Waals surface area (Å²) in [4.78, 5) is 0. The zero-order chi connectivity index (χ0) is 12.7. The van der Waals surface area contributed by atoms with Crippen LogP contribution in [0.1, 0.15) is 30.9 Å². The van der Waals surface area contributed by atoms with Crippen molar-refractivity contribution >= 4 is 0 Å². The molecule has 4 atom stereocenters. The van der Waals surface area contributed by atoms with E-state index in [1.54, 1.807) is 19.2 Å². The van der Waals surface area contributed by atoms with E-state index in [1.807, 2.05) is 0 Å². The first-order chi connectivity index (χ1) is 8.70. The fourth-order valence-corrected chi connectivity index (χ4v) is 3.39. The fourth-order valence-electron chi connectivity index (χ4n) is 3.39. The van der Waals surface area contributed by atoms with Gasteiger partial charge in [0.25, 0.3) is 0 Å². The number of hydrogen-bond acceptors (Lipinski definition) is 2. The molecule has 0 amide bonds. The first-order valence-corrected chi connectivity index (χ1v) is 6.47. The van der Waals surface area contributed by atoms with Crippen LogP contribution in [0.5, 0.6) is 0 Å². The number of rotatable bonds is 3. The van der Waals surface area contributed by atoms with Gasteiger partial charge in [0.1, 0.15) is 0 Å². The number of nitrogens with one attached hydrogen (secondary N) is 1. The molecule has 2 heterocycles. The average Bonchev–Trinajstić information content (AvgIpc) is 2.98. The van der Waals surface area contributed by atoms with Gasteiger partial charge in [0.05, 0.1) is 12.2 Å². The lowest BCUT2D eigenvalue weighted by Crippen LogP contribution is -2.32. The summed E-state index contributed by atoms with van der Waals surface area (Å²) in [6, 6.07) is 4.21. The molecule has 1 aromatic carbocycles. The van der Waals surface area contributed by atoms with Gasteiger partial charge in [0.2, 0.25) is 0 Å². The van der Waals surface area contributed by atoms with E-state index in [1.165, 1.54) is 0 Å². The SMILES string of the molecule is CNC(c1cccc(F)c1F)C1CC2CCC1O2. The minimum absolute atomic E-state index is 0.170. The first kappa shape index (κ1) is 12.1. The van der Waals surface area contributed by atoms with Crippen LogP contribution in [0.4, 0.5) is 8.78 Å². The number of benzene rings is 1. The van der Waals surface area contributed by atoms with Crippen LogP contribution in [0.15, 0.2) is 18.2 Å². The lowest BCUT2D eigenvalue weighted by molar-refractivity contribution is 0.0859. The molecule has 0 aromatic heterocycles. The molecule has 2 aliphatic rings. The summed E-state index contributed by atoms with van der Waals surface area (Å²) >= 11 is 0. The molecule has 1 N–H and O–H groups in total. The molecule has 0 saturated carbocycles. The molecular formula is C14H17F2NO. The van der Waals surface area contributed by atoms with Gasteiger partial charge in [0.15, 0.2) is 11.6 Å². The van der Waals surface area contributed by atoms with E-state index in [-0.39, 0.29) is 18.1 Å². The Morgan fingerprint density at radius 1 is 1.33 bits per heavy atom. The lowest BCUT2D eigenvalue weighted by atomic mass is 9.81. The van der Waals surface area contributed by atoms with Gasteiger partial charge >= 0.3 is 0 Å². The van der Waals surface area contributed by atoms with Crippen LogP contribution in [-0.2, 0) is 4.74 Å². The van der Waals surface area contributed by atoms with Crippen molar-refractivity contribution in [2.24, 2.45) is 5.92 Å². The van der Waals surface area contributed by atoms with Crippen molar-refractivity contribution in [2.75, 3.05) is 7.05 Å². The normalized spacial score (nSPS) is 31.8. The Morgan fingerprint density at radius 2 is 2.17 bits per heavy atom. The van der Waals surface area contributed by atoms with Gasteiger partial charge < -0.3 is 10.1 Å². The fraction of sp³-hybridized carbons (Fsp3) is 0.571. The van der Waals surface area contributed by atoms with Crippen LogP contribution < -0.4 is 5.32 Å². The Labute approximate surface area is 105 Å². The predicted molar refractivity (Wildman–Crippen MR) is 64.2 cm³/mol. The Hall–Kier alpha value is -1.00. The molecule has 2 aliphatic heterocycles. The predicted octanol–water partition coefficient (Wildman–Crippen LogP) is 2.79. The number of hydrogen-bond donors (Lipinski definition) is 1. The molecule has 18 heavy (non-hydrogen) atoms. The second kappa shape index (κ2) is 4.59. The summed E-state index contributed by atoms with van der Waals surface area (Å²) in [5.41, 5.74) is 0.415. The molecule has 4 unspecified atom stereocenters. The second-order valence-electron chi connectivity index (χ2n) is 5.18. The summed E-state index contributed by atoms with van der Waals surface area (Å²) in [6.45, 7) is 0. The molecule has 0 aliphatic carbocycles. The number of ether oxygens (including phenoxy) is 1. The van der Waals surface area contributed by atoms with Crippen LogP contribution in [0.3, 0.4) is 0 Å². The molecule has 4 heteroatoms. The average molecular weight is 253 g/mol. The molecule has 2 saturated heterocycles. The van der Waals surface area contributed by atoms with E-state index in [0.717, 1.165) is 25.3 Å². The first-order valence-electron chi connectivity index (χ1n) is 6.47. The van der Waals surface area contributed by atoms with E-state index in [0.29, 0.717) is 11.7 Å². The van der Waals surface area contributed by atoms with Crippen LogP contribution in [0.25, 0.3) is 0 Å². The molecule has 2 bridgehead atoms. The summed E-state index contributed by atoms with van der Waals surface area (Å²) in [6.07, 6.45) is 3.57. The van der Waals surface area contributed by atoms with E-state index >= 15 is 0 Å². The maximum Gasteiger partial charge on any atom is 0.163 e. The van der Waals surface area contributed by atoms with Crippen molar-refractivity contribution in [1.82, 2.24) is 5.32 Å². The second-order valence-corrected chi connectivity index (χ2v) is 5.18. The van der Waals surface area contributed by atoms with E-state index < -0.39 is 11.6 Å². The van der Waals surface area contributed by atoms with Crippen LogP contribution in [-0.4, -0.2) is 19.3 Å². The minimum atomic E-state index is -0.781. The van der Waals surface area contributed by atoms with E-state index in [2.05, 4.69) is 5.32 Å². The van der Waals surface area contributed by atoms with Crippen LogP contribution >= 0.6 is 0 Å². The maximum absolute atomic E-state index is 13.9. The third-order valence-electron chi connectivity index (χ3n) is 4.21. The van der Waals surface area contributed by atoms with Crippen molar-refractivity contribution in [3.63, 3.8) is 0 Å². The van der Waals surface area contributed by atoms with Crippen molar-refractivity contribution in [1.29, 1.82) is 0 Å². The van der Waals surface area contributed by atoms with E-state index in [9.17, 15) is 8.78 Å².